The zero-order valence-electron chi connectivity index (χ0n) is 4.50. The Labute approximate surface area is 69.1 Å². The Hall–Kier alpha value is 0.350. The van der Waals surface area contributed by atoms with Crippen LogP contribution in [0.15, 0.2) is 21.2 Å². The third-order valence-corrected chi connectivity index (χ3v) is 2.30. The molecule has 0 saturated carbocycles. The molecular formula is C6H4Cl3. The number of hydrogen-bond acceptors (Lipinski definition) is 0. The third-order valence-electron chi connectivity index (χ3n) is 1.01. The first-order valence-electron chi connectivity index (χ1n) is 2.46. The highest BCUT2D eigenvalue weighted by atomic mass is 35.5. The topological polar surface area (TPSA) is 0 Å². The van der Waals surface area contributed by atoms with Crippen molar-refractivity contribution in [1.29, 1.82) is 0 Å². The smallest absolute Gasteiger partial charge is 0.0737 e. The summed E-state index contributed by atoms with van der Waals surface area (Å²) >= 11 is 16.9. The maximum atomic E-state index is 5.63. The van der Waals surface area contributed by atoms with Crippen molar-refractivity contribution in [2.75, 3.05) is 0 Å². The lowest BCUT2D eigenvalue weighted by Crippen LogP contribution is -1.87. The summed E-state index contributed by atoms with van der Waals surface area (Å²) in [7, 11) is 0. The number of rotatable bonds is 0. The van der Waals surface area contributed by atoms with Gasteiger partial charge in [-0.05, 0) is 6.42 Å². The fourth-order valence-corrected chi connectivity index (χ4v) is 1.14. The fraction of sp³-hybridized carbons (Fsp3) is 0.167. The summed E-state index contributed by atoms with van der Waals surface area (Å²) in [5, 5.41) is 1.54. The molecule has 3 heteroatoms. The molecule has 0 unspecified atom stereocenters. The minimum absolute atomic E-state index is 0.449. The van der Waals surface area contributed by atoms with Crippen LogP contribution >= 0.6 is 34.8 Å². The van der Waals surface area contributed by atoms with Crippen LogP contribution in [-0.2, 0) is 0 Å². The Kier molecular flexibility index (Phi) is 2.45. The van der Waals surface area contributed by atoms with Gasteiger partial charge < -0.3 is 0 Å². The van der Waals surface area contributed by atoms with Crippen LogP contribution in [-0.4, -0.2) is 0 Å². The van der Waals surface area contributed by atoms with Gasteiger partial charge in [0.25, 0.3) is 0 Å². The van der Waals surface area contributed by atoms with E-state index in [0.29, 0.717) is 15.1 Å². The molecule has 0 aliphatic heterocycles. The summed E-state index contributed by atoms with van der Waals surface area (Å²) in [5.41, 5.74) is 0. The van der Waals surface area contributed by atoms with Crippen molar-refractivity contribution >= 4 is 34.8 Å². The second-order valence-corrected chi connectivity index (χ2v) is 2.85. The van der Waals surface area contributed by atoms with E-state index >= 15 is 0 Å². The standard InChI is InChI=1S/C6H4Cl3/c7-4-2-1-3-5(8)6(4)9/h2-3H,1H2. The van der Waals surface area contributed by atoms with Crippen LogP contribution in [0.3, 0.4) is 0 Å². The highest BCUT2D eigenvalue weighted by molar-refractivity contribution is 6.48. The second-order valence-electron chi connectivity index (χ2n) is 1.65. The summed E-state index contributed by atoms with van der Waals surface area (Å²) in [4.78, 5) is 0. The minimum Gasteiger partial charge on any atom is -0.0871 e. The third kappa shape index (κ3) is 1.64. The molecule has 0 atom stereocenters. The highest BCUT2D eigenvalue weighted by Gasteiger charge is 2.09. The van der Waals surface area contributed by atoms with E-state index in [1.165, 1.54) is 0 Å². The van der Waals surface area contributed by atoms with Gasteiger partial charge >= 0.3 is 0 Å². The SMILES string of the molecule is ClC1=CC[CH]C(Cl)=C1Cl. The molecular weight excluding hydrogens is 178 g/mol. The zero-order chi connectivity index (χ0) is 6.85. The molecule has 0 fully saturated rings. The summed E-state index contributed by atoms with van der Waals surface area (Å²) in [6.45, 7) is 0. The first-order valence-corrected chi connectivity index (χ1v) is 3.59. The predicted molar refractivity (Wildman–Crippen MR) is 41.6 cm³/mol. The summed E-state index contributed by atoms with van der Waals surface area (Å²) < 4.78 is 0. The van der Waals surface area contributed by atoms with Crippen molar-refractivity contribution in [2.45, 2.75) is 6.42 Å². The van der Waals surface area contributed by atoms with E-state index in [0.717, 1.165) is 6.42 Å². The average Bonchev–Trinajstić information content (AvgIpc) is 1.83. The minimum atomic E-state index is 0.449. The van der Waals surface area contributed by atoms with Gasteiger partial charge in [-0.1, -0.05) is 40.9 Å². The van der Waals surface area contributed by atoms with E-state index in [-0.39, 0.29) is 0 Å². The molecule has 1 rings (SSSR count). The molecule has 0 nitrogen and oxygen atoms in total. The van der Waals surface area contributed by atoms with Crippen LogP contribution in [0.2, 0.25) is 0 Å². The quantitative estimate of drug-likeness (QED) is 0.539. The monoisotopic (exact) mass is 181 g/mol. The van der Waals surface area contributed by atoms with Gasteiger partial charge in [0.05, 0.1) is 10.1 Å². The second kappa shape index (κ2) is 2.96. The van der Waals surface area contributed by atoms with E-state index in [1.54, 1.807) is 0 Å². The van der Waals surface area contributed by atoms with Crippen molar-refractivity contribution in [1.82, 2.24) is 0 Å². The van der Waals surface area contributed by atoms with Gasteiger partial charge in [0, 0.05) is 11.5 Å². The van der Waals surface area contributed by atoms with Gasteiger partial charge in [0.15, 0.2) is 0 Å². The zero-order valence-corrected chi connectivity index (χ0v) is 6.76. The molecule has 0 spiro atoms. The summed E-state index contributed by atoms with van der Waals surface area (Å²) in [6, 6.07) is 0. The molecule has 0 saturated heterocycles. The summed E-state index contributed by atoms with van der Waals surface area (Å²) in [5.74, 6) is 0. The van der Waals surface area contributed by atoms with E-state index in [1.807, 2.05) is 12.5 Å². The van der Waals surface area contributed by atoms with Gasteiger partial charge in [-0.3, -0.25) is 0 Å². The average molecular weight is 182 g/mol. The normalized spacial score (nSPS) is 20.1. The van der Waals surface area contributed by atoms with Crippen LogP contribution in [0.1, 0.15) is 6.42 Å². The van der Waals surface area contributed by atoms with Crippen molar-refractivity contribution in [3.8, 4) is 0 Å². The van der Waals surface area contributed by atoms with Gasteiger partial charge in [0.1, 0.15) is 0 Å². The van der Waals surface area contributed by atoms with Crippen molar-refractivity contribution in [3.05, 3.63) is 27.6 Å². The molecule has 0 amide bonds. The number of allylic oxidation sites excluding steroid dienone is 4. The van der Waals surface area contributed by atoms with Crippen molar-refractivity contribution in [2.24, 2.45) is 0 Å². The maximum absolute atomic E-state index is 5.63. The van der Waals surface area contributed by atoms with Gasteiger partial charge in [-0.25, -0.2) is 0 Å². The number of halogens is 3. The Balaban J connectivity index is 2.88. The lowest BCUT2D eigenvalue weighted by atomic mass is 10.2. The Morgan fingerprint density at radius 1 is 1.22 bits per heavy atom. The van der Waals surface area contributed by atoms with E-state index in [2.05, 4.69) is 0 Å². The molecule has 0 heterocycles. The molecule has 1 aliphatic rings. The Morgan fingerprint density at radius 3 is 2.33 bits per heavy atom. The van der Waals surface area contributed by atoms with Gasteiger partial charge in [-0.2, -0.15) is 0 Å². The first kappa shape index (κ1) is 7.46. The molecule has 1 radical (unpaired) electrons. The first-order chi connectivity index (χ1) is 4.22. The lowest BCUT2D eigenvalue weighted by Gasteiger charge is -2.06. The van der Waals surface area contributed by atoms with Crippen LogP contribution < -0.4 is 0 Å². The van der Waals surface area contributed by atoms with Gasteiger partial charge in [-0.15, -0.1) is 0 Å². The summed E-state index contributed by atoms with van der Waals surface area (Å²) in [6.07, 6.45) is 4.40. The molecule has 0 N–H and O–H groups in total. The maximum Gasteiger partial charge on any atom is 0.0737 e. The Morgan fingerprint density at radius 2 is 1.89 bits per heavy atom. The van der Waals surface area contributed by atoms with Crippen LogP contribution in [0, 0.1) is 6.42 Å². The largest absolute Gasteiger partial charge is 0.0871 e. The molecule has 0 aromatic rings. The fourth-order valence-electron chi connectivity index (χ4n) is 0.559. The van der Waals surface area contributed by atoms with E-state index < -0.39 is 0 Å². The molecule has 49 valence electrons. The highest BCUT2D eigenvalue weighted by Crippen LogP contribution is 2.31. The van der Waals surface area contributed by atoms with Crippen molar-refractivity contribution < 1.29 is 0 Å². The molecule has 0 aromatic heterocycles. The van der Waals surface area contributed by atoms with Crippen molar-refractivity contribution in [3.63, 3.8) is 0 Å². The predicted octanol–water partition coefficient (Wildman–Crippen LogP) is 3.41. The molecule has 1 aliphatic carbocycles. The lowest BCUT2D eigenvalue weighted by molar-refractivity contribution is 1.23. The van der Waals surface area contributed by atoms with Crippen LogP contribution in [0.4, 0.5) is 0 Å². The molecule has 0 aromatic carbocycles. The molecule has 9 heavy (non-hydrogen) atoms. The van der Waals surface area contributed by atoms with Crippen LogP contribution in [0.5, 0.6) is 0 Å². The molecule has 0 bridgehead atoms. The number of hydrogen-bond donors (Lipinski definition) is 0. The van der Waals surface area contributed by atoms with E-state index in [4.69, 9.17) is 34.8 Å². The van der Waals surface area contributed by atoms with Gasteiger partial charge in [0.2, 0.25) is 0 Å². The van der Waals surface area contributed by atoms with Crippen LogP contribution in [0.25, 0.3) is 0 Å². The Bertz CT molecular complexity index is 179. The van der Waals surface area contributed by atoms with E-state index in [9.17, 15) is 0 Å².